The molecule has 0 aromatic rings. The van der Waals surface area contributed by atoms with Crippen LogP contribution in [-0.2, 0) is 14.3 Å². The molecule has 2 rings (SSSR count). The van der Waals surface area contributed by atoms with Crippen molar-refractivity contribution in [1.82, 2.24) is 4.90 Å². The Bertz CT molecular complexity index is 337. The van der Waals surface area contributed by atoms with Crippen LogP contribution in [0.15, 0.2) is 0 Å². The van der Waals surface area contributed by atoms with Crippen molar-refractivity contribution in [2.24, 2.45) is 11.8 Å². The predicted octanol–water partition coefficient (Wildman–Crippen LogP) is 2.76. The maximum Gasteiger partial charge on any atom is 0.310 e. The van der Waals surface area contributed by atoms with E-state index in [-0.39, 0.29) is 17.8 Å². The number of carbonyl (C=O) groups is 2. The van der Waals surface area contributed by atoms with Gasteiger partial charge >= 0.3 is 5.97 Å². The van der Waals surface area contributed by atoms with Crippen LogP contribution in [0.4, 0.5) is 0 Å². The number of ether oxygens (including phenoxy) is 1. The highest BCUT2D eigenvalue weighted by molar-refractivity contribution is 5.78. The van der Waals surface area contributed by atoms with E-state index in [9.17, 15) is 9.59 Å². The van der Waals surface area contributed by atoms with Gasteiger partial charge in [-0.05, 0) is 32.1 Å². The molecule has 1 atom stereocenters. The summed E-state index contributed by atoms with van der Waals surface area (Å²) in [5, 5.41) is 0. The molecule has 2 fully saturated rings. The Morgan fingerprint density at radius 1 is 1.15 bits per heavy atom. The maximum absolute atomic E-state index is 12.3. The maximum atomic E-state index is 12.3. The normalized spacial score (nSPS) is 23.9. The van der Waals surface area contributed by atoms with Crippen LogP contribution in [-0.4, -0.2) is 36.5 Å². The van der Waals surface area contributed by atoms with Crippen LogP contribution in [0.2, 0.25) is 0 Å². The van der Waals surface area contributed by atoms with Gasteiger partial charge in [-0.3, -0.25) is 9.59 Å². The van der Waals surface area contributed by atoms with E-state index < -0.39 is 0 Å². The highest BCUT2D eigenvalue weighted by Crippen LogP contribution is 2.29. The zero-order chi connectivity index (χ0) is 14.4. The number of amides is 1. The quantitative estimate of drug-likeness (QED) is 0.728. The largest absolute Gasteiger partial charge is 0.466 e. The van der Waals surface area contributed by atoms with E-state index in [0.717, 1.165) is 31.7 Å². The summed E-state index contributed by atoms with van der Waals surface area (Å²) in [5.41, 5.74) is 0. The molecule has 0 bridgehead atoms. The summed E-state index contributed by atoms with van der Waals surface area (Å²) in [6, 6.07) is 0. The van der Waals surface area contributed by atoms with E-state index in [1.165, 1.54) is 25.7 Å². The summed E-state index contributed by atoms with van der Waals surface area (Å²) >= 11 is 0. The first-order chi connectivity index (χ1) is 9.70. The van der Waals surface area contributed by atoms with Crippen molar-refractivity contribution in [2.75, 3.05) is 19.7 Å². The molecule has 1 saturated heterocycles. The number of likely N-dealkylation sites (tertiary alicyclic amines) is 1. The van der Waals surface area contributed by atoms with Crippen LogP contribution >= 0.6 is 0 Å². The third-order valence-corrected chi connectivity index (χ3v) is 4.64. The van der Waals surface area contributed by atoms with Crippen LogP contribution in [0.5, 0.6) is 0 Å². The minimum atomic E-state index is -0.138. The fourth-order valence-electron chi connectivity index (χ4n) is 3.44. The molecule has 1 aliphatic heterocycles. The molecule has 1 amide bonds. The van der Waals surface area contributed by atoms with Crippen molar-refractivity contribution in [3.8, 4) is 0 Å². The van der Waals surface area contributed by atoms with Gasteiger partial charge in [0.15, 0.2) is 0 Å². The Morgan fingerprint density at radius 2 is 1.90 bits per heavy atom. The summed E-state index contributed by atoms with van der Waals surface area (Å²) < 4.78 is 5.07. The monoisotopic (exact) mass is 281 g/mol. The standard InChI is InChI=1S/C16H27NO3/c1-2-20-16(19)14-8-5-11-17(12-14)15(18)10-9-13-6-3-4-7-13/h13-14H,2-12H2,1H3/t14-/m0/s1. The topological polar surface area (TPSA) is 46.6 Å². The minimum Gasteiger partial charge on any atom is -0.466 e. The Morgan fingerprint density at radius 3 is 2.60 bits per heavy atom. The molecular formula is C16H27NO3. The van der Waals surface area contributed by atoms with Crippen LogP contribution in [0.1, 0.15) is 58.3 Å². The second-order valence-electron chi connectivity index (χ2n) is 6.12. The van der Waals surface area contributed by atoms with Gasteiger partial charge in [-0.2, -0.15) is 0 Å². The molecule has 20 heavy (non-hydrogen) atoms. The number of piperidine rings is 1. The van der Waals surface area contributed by atoms with Gasteiger partial charge in [-0.1, -0.05) is 25.7 Å². The average molecular weight is 281 g/mol. The molecule has 4 heteroatoms. The summed E-state index contributed by atoms with van der Waals surface area (Å²) in [6.45, 7) is 3.61. The number of rotatable bonds is 5. The molecule has 1 aliphatic carbocycles. The van der Waals surface area contributed by atoms with Crippen molar-refractivity contribution >= 4 is 11.9 Å². The van der Waals surface area contributed by atoms with Crippen LogP contribution in [0.25, 0.3) is 0 Å². The van der Waals surface area contributed by atoms with E-state index in [0.29, 0.717) is 19.6 Å². The predicted molar refractivity (Wildman–Crippen MR) is 77.1 cm³/mol. The molecular weight excluding hydrogens is 254 g/mol. The number of hydrogen-bond acceptors (Lipinski definition) is 3. The van der Waals surface area contributed by atoms with Crippen molar-refractivity contribution < 1.29 is 14.3 Å². The third kappa shape index (κ3) is 4.22. The molecule has 1 saturated carbocycles. The summed E-state index contributed by atoms with van der Waals surface area (Å²) in [5.74, 6) is 0.732. The van der Waals surface area contributed by atoms with Crippen molar-refractivity contribution in [1.29, 1.82) is 0 Å². The van der Waals surface area contributed by atoms with Crippen molar-refractivity contribution in [3.05, 3.63) is 0 Å². The lowest BCUT2D eigenvalue weighted by Crippen LogP contribution is -2.42. The van der Waals surface area contributed by atoms with E-state index >= 15 is 0 Å². The Balaban J connectivity index is 1.75. The van der Waals surface area contributed by atoms with Gasteiger partial charge in [-0.15, -0.1) is 0 Å². The highest BCUT2D eigenvalue weighted by atomic mass is 16.5. The Labute approximate surface area is 121 Å². The molecule has 114 valence electrons. The SMILES string of the molecule is CCOC(=O)[C@H]1CCCN(C(=O)CCC2CCCC2)C1. The first-order valence-electron chi connectivity index (χ1n) is 8.15. The van der Waals surface area contributed by atoms with Gasteiger partial charge in [-0.25, -0.2) is 0 Å². The molecule has 4 nitrogen and oxygen atoms in total. The van der Waals surface area contributed by atoms with Crippen molar-refractivity contribution in [3.63, 3.8) is 0 Å². The first kappa shape index (κ1) is 15.3. The van der Waals surface area contributed by atoms with E-state index in [1.807, 2.05) is 11.8 Å². The number of hydrogen-bond donors (Lipinski definition) is 0. The molecule has 2 aliphatic rings. The fourth-order valence-corrected chi connectivity index (χ4v) is 3.44. The lowest BCUT2D eigenvalue weighted by Gasteiger charge is -2.31. The average Bonchev–Trinajstić information content (AvgIpc) is 2.98. The number of carbonyl (C=O) groups excluding carboxylic acids is 2. The van der Waals surface area contributed by atoms with Gasteiger partial charge in [0.1, 0.15) is 0 Å². The van der Waals surface area contributed by atoms with Crippen molar-refractivity contribution in [2.45, 2.75) is 58.3 Å². The van der Waals surface area contributed by atoms with Gasteiger partial charge in [0.05, 0.1) is 12.5 Å². The zero-order valence-electron chi connectivity index (χ0n) is 12.6. The molecule has 0 aromatic carbocycles. The second-order valence-corrected chi connectivity index (χ2v) is 6.12. The summed E-state index contributed by atoms with van der Waals surface area (Å²) in [6.07, 6.45) is 8.68. The Kier molecular flexibility index (Phi) is 5.86. The fraction of sp³-hybridized carbons (Fsp3) is 0.875. The lowest BCUT2D eigenvalue weighted by molar-refractivity contribution is -0.151. The molecule has 0 unspecified atom stereocenters. The highest BCUT2D eigenvalue weighted by Gasteiger charge is 2.29. The molecule has 1 heterocycles. The van der Waals surface area contributed by atoms with Crippen LogP contribution in [0, 0.1) is 11.8 Å². The lowest BCUT2D eigenvalue weighted by atomic mass is 9.96. The summed E-state index contributed by atoms with van der Waals surface area (Å²) in [4.78, 5) is 25.9. The van der Waals surface area contributed by atoms with E-state index in [1.54, 1.807) is 0 Å². The van der Waals surface area contributed by atoms with E-state index in [4.69, 9.17) is 4.74 Å². The number of esters is 1. The molecule has 0 radical (unpaired) electrons. The molecule has 0 spiro atoms. The third-order valence-electron chi connectivity index (χ3n) is 4.64. The smallest absolute Gasteiger partial charge is 0.310 e. The van der Waals surface area contributed by atoms with E-state index in [2.05, 4.69) is 0 Å². The Hall–Kier alpha value is -1.06. The van der Waals surface area contributed by atoms with Gasteiger partial charge in [0, 0.05) is 19.5 Å². The number of nitrogens with zero attached hydrogens (tertiary/aromatic N) is 1. The van der Waals surface area contributed by atoms with Gasteiger partial charge in [0.2, 0.25) is 5.91 Å². The molecule has 0 N–H and O–H groups in total. The summed E-state index contributed by atoms with van der Waals surface area (Å²) in [7, 11) is 0. The first-order valence-corrected chi connectivity index (χ1v) is 8.15. The van der Waals surface area contributed by atoms with Gasteiger partial charge in [0.25, 0.3) is 0 Å². The van der Waals surface area contributed by atoms with Crippen LogP contribution in [0.3, 0.4) is 0 Å². The zero-order valence-corrected chi connectivity index (χ0v) is 12.6. The second kappa shape index (κ2) is 7.65. The van der Waals surface area contributed by atoms with Crippen LogP contribution < -0.4 is 0 Å². The van der Waals surface area contributed by atoms with Gasteiger partial charge < -0.3 is 9.64 Å². The molecule has 0 aromatic heterocycles. The minimum absolute atomic E-state index is 0.112.